The van der Waals surface area contributed by atoms with Crippen LogP contribution in [0.15, 0.2) is 18.2 Å². The summed E-state index contributed by atoms with van der Waals surface area (Å²) in [6.45, 7) is 6.78. The molecular weight excluding hydrogens is 234 g/mol. The van der Waals surface area contributed by atoms with Crippen molar-refractivity contribution in [2.45, 2.75) is 32.6 Å². The number of nitrogens with one attached hydrogen (secondary N) is 1. The average molecular weight is 257 g/mol. The van der Waals surface area contributed by atoms with Crippen LogP contribution in [0, 0.1) is 5.92 Å². The van der Waals surface area contributed by atoms with Gasteiger partial charge in [-0.2, -0.15) is 0 Å². The van der Waals surface area contributed by atoms with E-state index in [0.717, 1.165) is 25.4 Å². The van der Waals surface area contributed by atoms with Crippen LogP contribution in [0.25, 0.3) is 11.0 Å². The third kappa shape index (κ3) is 2.27. The number of nitrogens with zero attached hydrogens (tertiary/aromatic N) is 2. The maximum atomic E-state index is 4.93. The highest BCUT2D eigenvalue weighted by Gasteiger charge is 2.19. The number of hydrogen-bond acceptors (Lipinski definition) is 2. The fourth-order valence-corrected chi connectivity index (χ4v) is 3.08. The van der Waals surface area contributed by atoms with Gasteiger partial charge in [0, 0.05) is 13.5 Å². The lowest BCUT2D eigenvalue weighted by Crippen LogP contribution is -2.12. The first-order valence-corrected chi connectivity index (χ1v) is 7.31. The molecule has 1 fully saturated rings. The van der Waals surface area contributed by atoms with E-state index in [1.54, 1.807) is 0 Å². The Kier molecular flexibility index (Phi) is 3.31. The summed E-state index contributed by atoms with van der Waals surface area (Å²) in [4.78, 5) is 4.93. The van der Waals surface area contributed by atoms with E-state index in [1.807, 2.05) is 0 Å². The molecule has 1 aliphatic rings. The number of fused-ring (bicyclic) bond motifs is 1. The molecule has 1 atom stereocenters. The summed E-state index contributed by atoms with van der Waals surface area (Å²) in [7, 11) is 2.15. The zero-order chi connectivity index (χ0) is 13.4. The minimum atomic E-state index is 0.527. The van der Waals surface area contributed by atoms with E-state index in [-0.39, 0.29) is 0 Å². The molecule has 1 aromatic carbocycles. The molecule has 19 heavy (non-hydrogen) atoms. The van der Waals surface area contributed by atoms with Crippen LogP contribution in [-0.2, 0) is 13.5 Å². The molecule has 0 aliphatic carbocycles. The van der Waals surface area contributed by atoms with E-state index < -0.39 is 0 Å². The highest BCUT2D eigenvalue weighted by molar-refractivity contribution is 5.80. The number of benzene rings is 1. The molecule has 0 bridgehead atoms. The molecule has 3 heteroatoms. The average Bonchev–Trinajstić information content (AvgIpc) is 2.99. The highest BCUT2D eigenvalue weighted by atomic mass is 15.1. The summed E-state index contributed by atoms with van der Waals surface area (Å²) in [6.07, 6.45) is 2.37. The van der Waals surface area contributed by atoms with Gasteiger partial charge in [-0.25, -0.2) is 4.98 Å². The van der Waals surface area contributed by atoms with Crippen LogP contribution in [0.3, 0.4) is 0 Å². The molecule has 3 nitrogen and oxygen atoms in total. The molecule has 0 amide bonds. The van der Waals surface area contributed by atoms with Crippen LogP contribution in [0.5, 0.6) is 0 Å². The maximum Gasteiger partial charge on any atom is 0.109 e. The molecule has 1 aliphatic heterocycles. The van der Waals surface area contributed by atoms with Crippen LogP contribution >= 0.6 is 0 Å². The topological polar surface area (TPSA) is 29.9 Å². The van der Waals surface area contributed by atoms with Crippen LogP contribution in [0.4, 0.5) is 0 Å². The Morgan fingerprint density at radius 2 is 2.26 bits per heavy atom. The van der Waals surface area contributed by atoms with Crippen molar-refractivity contribution < 1.29 is 0 Å². The summed E-state index contributed by atoms with van der Waals surface area (Å²) >= 11 is 0. The van der Waals surface area contributed by atoms with Crippen molar-refractivity contribution in [3.63, 3.8) is 0 Å². The highest BCUT2D eigenvalue weighted by Crippen LogP contribution is 2.26. The van der Waals surface area contributed by atoms with Gasteiger partial charge in [-0.05, 0) is 43.0 Å². The van der Waals surface area contributed by atoms with Gasteiger partial charge in [0.05, 0.1) is 11.0 Å². The van der Waals surface area contributed by atoms with Crippen molar-refractivity contribution in [1.29, 1.82) is 0 Å². The summed E-state index contributed by atoms with van der Waals surface area (Å²) in [5, 5.41) is 3.44. The predicted molar refractivity (Wildman–Crippen MR) is 79.5 cm³/mol. The minimum absolute atomic E-state index is 0.527. The Morgan fingerprint density at radius 3 is 2.95 bits per heavy atom. The van der Waals surface area contributed by atoms with Crippen LogP contribution in [0.2, 0.25) is 0 Å². The minimum Gasteiger partial charge on any atom is -0.331 e. The molecule has 3 rings (SSSR count). The SMILES string of the molecule is CC(C)c1cccc2c1nc(CC1CCNC1)n2C. The quantitative estimate of drug-likeness (QED) is 0.916. The number of hydrogen-bond donors (Lipinski definition) is 1. The van der Waals surface area contributed by atoms with Crippen molar-refractivity contribution in [2.75, 3.05) is 13.1 Å². The summed E-state index contributed by atoms with van der Waals surface area (Å²) < 4.78 is 2.28. The molecule has 102 valence electrons. The number of para-hydroxylation sites is 1. The van der Waals surface area contributed by atoms with Gasteiger partial charge in [0.25, 0.3) is 0 Å². The monoisotopic (exact) mass is 257 g/mol. The van der Waals surface area contributed by atoms with Crippen molar-refractivity contribution >= 4 is 11.0 Å². The largest absolute Gasteiger partial charge is 0.331 e. The Hall–Kier alpha value is -1.35. The van der Waals surface area contributed by atoms with Gasteiger partial charge in [-0.15, -0.1) is 0 Å². The second kappa shape index (κ2) is 4.97. The summed E-state index contributed by atoms with van der Waals surface area (Å²) in [6, 6.07) is 6.55. The van der Waals surface area contributed by atoms with Gasteiger partial charge in [0.2, 0.25) is 0 Å². The van der Waals surface area contributed by atoms with Gasteiger partial charge in [-0.3, -0.25) is 0 Å². The van der Waals surface area contributed by atoms with Crippen molar-refractivity contribution in [1.82, 2.24) is 14.9 Å². The van der Waals surface area contributed by atoms with E-state index in [2.05, 4.69) is 49.0 Å². The molecule has 1 saturated heterocycles. The first-order valence-electron chi connectivity index (χ1n) is 7.31. The number of aryl methyl sites for hydroxylation is 1. The van der Waals surface area contributed by atoms with Crippen LogP contribution < -0.4 is 5.32 Å². The molecule has 2 heterocycles. The van der Waals surface area contributed by atoms with Gasteiger partial charge < -0.3 is 9.88 Å². The van der Waals surface area contributed by atoms with E-state index in [9.17, 15) is 0 Å². The molecule has 1 N–H and O–H groups in total. The van der Waals surface area contributed by atoms with Crippen LogP contribution in [0.1, 0.15) is 37.6 Å². The summed E-state index contributed by atoms with van der Waals surface area (Å²) in [5.41, 5.74) is 3.83. The smallest absolute Gasteiger partial charge is 0.109 e. The summed E-state index contributed by atoms with van der Waals surface area (Å²) in [5.74, 6) is 2.51. The van der Waals surface area contributed by atoms with E-state index >= 15 is 0 Å². The lowest BCUT2D eigenvalue weighted by atomic mass is 10.0. The van der Waals surface area contributed by atoms with Crippen molar-refractivity contribution in [3.05, 3.63) is 29.6 Å². The van der Waals surface area contributed by atoms with Gasteiger partial charge in [-0.1, -0.05) is 26.0 Å². The van der Waals surface area contributed by atoms with Gasteiger partial charge in [0.15, 0.2) is 0 Å². The second-order valence-corrected chi connectivity index (χ2v) is 6.02. The lowest BCUT2D eigenvalue weighted by molar-refractivity contribution is 0.552. The molecule has 1 unspecified atom stereocenters. The fraction of sp³-hybridized carbons (Fsp3) is 0.562. The first-order chi connectivity index (χ1) is 9.16. The lowest BCUT2D eigenvalue weighted by Gasteiger charge is -2.07. The first kappa shape index (κ1) is 12.7. The van der Waals surface area contributed by atoms with E-state index in [1.165, 1.54) is 28.8 Å². The third-order valence-corrected chi connectivity index (χ3v) is 4.29. The van der Waals surface area contributed by atoms with Gasteiger partial charge >= 0.3 is 0 Å². The second-order valence-electron chi connectivity index (χ2n) is 6.02. The molecule has 2 aromatic rings. The molecule has 0 spiro atoms. The van der Waals surface area contributed by atoms with E-state index in [4.69, 9.17) is 4.98 Å². The number of rotatable bonds is 3. The Bertz CT molecular complexity index is 577. The maximum absolute atomic E-state index is 4.93. The Balaban J connectivity index is 2.01. The zero-order valence-electron chi connectivity index (χ0n) is 12.1. The molecule has 0 radical (unpaired) electrons. The molecular formula is C16H23N3. The molecule has 0 saturated carbocycles. The standard InChI is InChI=1S/C16H23N3/c1-11(2)13-5-4-6-14-16(13)18-15(19(14)3)9-12-7-8-17-10-12/h4-6,11-12,17H,7-10H2,1-3H3. The van der Waals surface area contributed by atoms with Crippen LogP contribution in [-0.4, -0.2) is 22.6 Å². The van der Waals surface area contributed by atoms with Crippen molar-refractivity contribution in [2.24, 2.45) is 13.0 Å². The zero-order valence-corrected chi connectivity index (χ0v) is 12.1. The predicted octanol–water partition coefficient (Wildman–Crippen LogP) is 2.85. The Morgan fingerprint density at radius 1 is 1.42 bits per heavy atom. The van der Waals surface area contributed by atoms with Crippen molar-refractivity contribution in [3.8, 4) is 0 Å². The number of imidazole rings is 1. The molecule has 1 aromatic heterocycles. The fourth-order valence-electron chi connectivity index (χ4n) is 3.08. The third-order valence-electron chi connectivity index (χ3n) is 4.29. The normalized spacial score (nSPS) is 19.7. The van der Waals surface area contributed by atoms with Gasteiger partial charge in [0.1, 0.15) is 5.82 Å². The Labute approximate surface area is 115 Å². The van der Waals surface area contributed by atoms with E-state index in [0.29, 0.717) is 5.92 Å². The number of aromatic nitrogens is 2.